The molecule has 0 unspecified atom stereocenters. The minimum atomic E-state index is -0.0720. The molecule has 1 heterocycles. The maximum Gasteiger partial charge on any atom is 0.236 e. The third-order valence-electron chi connectivity index (χ3n) is 2.69. The maximum atomic E-state index is 5.35. The van der Waals surface area contributed by atoms with Crippen LogP contribution in [0.15, 0.2) is 18.2 Å². The van der Waals surface area contributed by atoms with E-state index in [-0.39, 0.29) is 5.41 Å². The molecule has 0 aliphatic carbocycles. The van der Waals surface area contributed by atoms with Gasteiger partial charge in [0, 0.05) is 5.41 Å². The van der Waals surface area contributed by atoms with E-state index < -0.39 is 0 Å². The summed E-state index contributed by atoms with van der Waals surface area (Å²) in [5.74, 6) is 0.621. The van der Waals surface area contributed by atoms with Crippen LogP contribution in [-0.2, 0) is 5.41 Å². The highest BCUT2D eigenvalue weighted by atomic mass is 16.5. The lowest BCUT2D eigenvalue weighted by molar-refractivity contribution is 0.377. The molecule has 0 fully saturated rings. The number of nitrogens with zero attached hydrogens (tertiary/aromatic N) is 2. The van der Waals surface area contributed by atoms with Gasteiger partial charge in [-0.05, 0) is 24.6 Å². The zero-order valence-corrected chi connectivity index (χ0v) is 11.0. The topological polar surface area (TPSA) is 35.0 Å². The van der Waals surface area contributed by atoms with Crippen LogP contribution in [0.1, 0.15) is 32.0 Å². The van der Waals surface area contributed by atoms with Crippen LogP contribution in [0.25, 0.3) is 11.0 Å². The average Bonchev–Trinajstić information content (AvgIpc) is 2.25. The van der Waals surface area contributed by atoms with Crippen LogP contribution in [0.4, 0.5) is 0 Å². The molecule has 0 aliphatic heterocycles. The Morgan fingerprint density at radius 3 is 2.35 bits per heavy atom. The molecule has 0 saturated heterocycles. The van der Waals surface area contributed by atoms with Gasteiger partial charge in [-0.2, -0.15) is 0 Å². The Hall–Kier alpha value is -1.64. The number of rotatable bonds is 1. The van der Waals surface area contributed by atoms with Gasteiger partial charge in [-0.1, -0.05) is 26.8 Å². The summed E-state index contributed by atoms with van der Waals surface area (Å²) < 4.78 is 5.35. The lowest BCUT2D eigenvalue weighted by Crippen LogP contribution is -2.16. The van der Waals surface area contributed by atoms with Crippen molar-refractivity contribution >= 4 is 11.0 Å². The number of benzene rings is 1. The van der Waals surface area contributed by atoms with Gasteiger partial charge in [-0.3, -0.25) is 0 Å². The van der Waals surface area contributed by atoms with Gasteiger partial charge in [-0.15, -0.1) is 0 Å². The van der Waals surface area contributed by atoms with Crippen LogP contribution in [-0.4, -0.2) is 17.1 Å². The lowest BCUT2D eigenvalue weighted by atomic mass is 9.92. The molecular formula is C14H18N2O. The molecule has 0 atom stereocenters. The van der Waals surface area contributed by atoms with Crippen molar-refractivity contribution in [3.8, 4) is 5.88 Å². The van der Waals surface area contributed by atoms with E-state index in [0.29, 0.717) is 5.88 Å². The zero-order chi connectivity index (χ0) is 12.6. The Balaban J connectivity index is 2.73. The molecule has 0 amide bonds. The summed E-state index contributed by atoms with van der Waals surface area (Å²) in [5, 5.41) is 0. The smallest absolute Gasteiger partial charge is 0.236 e. The fourth-order valence-electron chi connectivity index (χ4n) is 1.78. The molecule has 17 heavy (non-hydrogen) atoms. The predicted octanol–water partition coefficient (Wildman–Crippen LogP) is 3.24. The molecule has 0 N–H and O–H groups in total. The summed E-state index contributed by atoms with van der Waals surface area (Å²) in [6, 6.07) is 6.08. The van der Waals surface area contributed by atoms with Gasteiger partial charge in [-0.25, -0.2) is 9.97 Å². The minimum Gasteiger partial charge on any atom is -0.480 e. The van der Waals surface area contributed by atoms with E-state index in [1.807, 2.05) is 19.1 Å². The SMILES string of the molecule is COc1nc2cc(C)ccc2nc1C(C)(C)C. The summed E-state index contributed by atoms with van der Waals surface area (Å²) in [4.78, 5) is 9.21. The molecule has 90 valence electrons. The average molecular weight is 230 g/mol. The molecule has 0 radical (unpaired) electrons. The van der Waals surface area contributed by atoms with Gasteiger partial charge >= 0.3 is 0 Å². The molecule has 1 aromatic carbocycles. The molecule has 2 rings (SSSR count). The van der Waals surface area contributed by atoms with Crippen LogP contribution < -0.4 is 4.74 Å². The first-order valence-corrected chi connectivity index (χ1v) is 5.74. The van der Waals surface area contributed by atoms with Crippen molar-refractivity contribution in [1.82, 2.24) is 9.97 Å². The van der Waals surface area contributed by atoms with Crippen molar-refractivity contribution in [3.05, 3.63) is 29.5 Å². The molecule has 0 bridgehead atoms. The first-order valence-electron chi connectivity index (χ1n) is 5.74. The molecule has 0 aliphatic rings. The van der Waals surface area contributed by atoms with Gasteiger partial charge in [0.25, 0.3) is 0 Å². The Bertz CT molecular complexity index is 556. The summed E-state index contributed by atoms with van der Waals surface area (Å²) in [6.45, 7) is 8.38. The number of fused-ring (bicyclic) bond motifs is 1. The van der Waals surface area contributed by atoms with Gasteiger partial charge in [0.05, 0.1) is 18.1 Å². The van der Waals surface area contributed by atoms with Gasteiger partial charge in [0.2, 0.25) is 5.88 Å². The molecular weight excluding hydrogens is 212 g/mol. The van der Waals surface area contributed by atoms with Crippen LogP contribution in [0.3, 0.4) is 0 Å². The zero-order valence-electron chi connectivity index (χ0n) is 11.0. The summed E-state index contributed by atoms with van der Waals surface area (Å²) in [5.41, 5.74) is 3.81. The summed E-state index contributed by atoms with van der Waals surface area (Å²) in [7, 11) is 1.64. The van der Waals surface area contributed by atoms with Gasteiger partial charge < -0.3 is 4.74 Å². The molecule has 0 spiro atoms. The highest BCUT2D eigenvalue weighted by molar-refractivity contribution is 5.76. The fraction of sp³-hybridized carbons (Fsp3) is 0.429. The monoisotopic (exact) mass is 230 g/mol. The van der Waals surface area contributed by atoms with E-state index in [0.717, 1.165) is 16.7 Å². The third-order valence-corrected chi connectivity index (χ3v) is 2.69. The van der Waals surface area contributed by atoms with Crippen LogP contribution >= 0.6 is 0 Å². The van der Waals surface area contributed by atoms with Crippen molar-refractivity contribution in [2.45, 2.75) is 33.1 Å². The van der Waals surface area contributed by atoms with E-state index >= 15 is 0 Å². The fourth-order valence-corrected chi connectivity index (χ4v) is 1.78. The number of aromatic nitrogens is 2. The van der Waals surface area contributed by atoms with E-state index in [1.165, 1.54) is 5.56 Å². The number of aryl methyl sites for hydroxylation is 1. The van der Waals surface area contributed by atoms with Crippen LogP contribution in [0, 0.1) is 6.92 Å². The highest BCUT2D eigenvalue weighted by Gasteiger charge is 2.22. The maximum absolute atomic E-state index is 5.35. The molecule has 2 aromatic rings. The van der Waals surface area contributed by atoms with Gasteiger partial charge in [0.1, 0.15) is 5.69 Å². The summed E-state index contributed by atoms with van der Waals surface area (Å²) >= 11 is 0. The second-order valence-electron chi connectivity index (χ2n) is 5.32. The van der Waals surface area contributed by atoms with E-state index in [4.69, 9.17) is 4.74 Å². The van der Waals surface area contributed by atoms with Crippen molar-refractivity contribution in [2.75, 3.05) is 7.11 Å². The molecule has 3 nitrogen and oxygen atoms in total. The Kier molecular flexibility index (Phi) is 2.77. The number of hydrogen-bond acceptors (Lipinski definition) is 3. The second kappa shape index (κ2) is 3.99. The van der Waals surface area contributed by atoms with E-state index in [1.54, 1.807) is 7.11 Å². The molecule has 0 saturated carbocycles. The highest BCUT2D eigenvalue weighted by Crippen LogP contribution is 2.29. The van der Waals surface area contributed by atoms with Crippen LogP contribution in [0.2, 0.25) is 0 Å². The van der Waals surface area contributed by atoms with Gasteiger partial charge in [0.15, 0.2) is 0 Å². The van der Waals surface area contributed by atoms with E-state index in [9.17, 15) is 0 Å². The van der Waals surface area contributed by atoms with Crippen molar-refractivity contribution in [1.29, 1.82) is 0 Å². The Labute approximate surface area is 102 Å². The normalized spacial score (nSPS) is 11.8. The largest absolute Gasteiger partial charge is 0.480 e. The minimum absolute atomic E-state index is 0.0720. The second-order valence-corrected chi connectivity index (χ2v) is 5.32. The van der Waals surface area contributed by atoms with Crippen LogP contribution in [0.5, 0.6) is 5.88 Å². The number of hydrogen-bond donors (Lipinski definition) is 0. The predicted molar refractivity (Wildman–Crippen MR) is 69.5 cm³/mol. The third kappa shape index (κ3) is 2.23. The molecule has 3 heteroatoms. The Morgan fingerprint density at radius 2 is 1.76 bits per heavy atom. The first kappa shape index (κ1) is 11.8. The number of methoxy groups -OCH3 is 1. The van der Waals surface area contributed by atoms with Crippen molar-refractivity contribution < 1.29 is 4.74 Å². The summed E-state index contributed by atoms with van der Waals surface area (Å²) in [6.07, 6.45) is 0. The lowest BCUT2D eigenvalue weighted by Gasteiger charge is -2.20. The molecule has 1 aromatic heterocycles. The van der Waals surface area contributed by atoms with Crippen molar-refractivity contribution in [3.63, 3.8) is 0 Å². The van der Waals surface area contributed by atoms with Crippen molar-refractivity contribution in [2.24, 2.45) is 0 Å². The first-order chi connectivity index (χ1) is 7.91. The number of ether oxygens (including phenoxy) is 1. The van der Waals surface area contributed by atoms with E-state index in [2.05, 4.69) is 36.8 Å². The quantitative estimate of drug-likeness (QED) is 0.754. The standard InChI is InChI=1S/C14H18N2O/c1-9-6-7-10-11(8-9)16-13(17-5)12(15-10)14(2,3)4/h6-8H,1-5H3. The Morgan fingerprint density at radius 1 is 1.06 bits per heavy atom.